The molecule has 3 heteroatoms. The second-order valence-corrected chi connectivity index (χ2v) is 2.33. The van der Waals surface area contributed by atoms with Crippen LogP contribution in [0.3, 0.4) is 0 Å². The van der Waals surface area contributed by atoms with Crippen LogP contribution in [0.25, 0.3) is 0 Å². The highest BCUT2D eigenvalue weighted by molar-refractivity contribution is 7.16. The summed E-state index contributed by atoms with van der Waals surface area (Å²) in [5.41, 5.74) is 0.668. The van der Waals surface area contributed by atoms with Gasteiger partial charge in [0.2, 0.25) is 0 Å². The second kappa shape index (κ2) is 7.75. The Labute approximate surface area is 81.5 Å². The summed E-state index contributed by atoms with van der Waals surface area (Å²) in [7, 11) is 2.46. The van der Waals surface area contributed by atoms with Gasteiger partial charge >= 0.3 is 0 Å². The number of hydrogen-bond donors (Lipinski definition) is 0. The van der Waals surface area contributed by atoms with Crippen molar-refractivity contribution >= 4 is 15.5 Å². The molecule has 1 rings (SSSR count). The molecule has 0 fully saturated rings. The summed E-state index contributed by atoms with van der Waals surface area (Å²) in [4.78, 5) is 10.2. The zero-order chi connectivity index (χ0) is 10.1. The average molecular weight is 198 g/mol. The molecule has 72 valence electrons. The predicted molar refractivity (Wildman–Crippen MR) is 58.4 cm³/mol. The van der Waals surface area contributed by atoms with Gasteiger partial charge in [0.25, 0.3) is 0 Å². The number of carbonyl (C=O) groups excluding carboxylic acids is 1. The van der Waals surface area contributed by atoms with Crippen LogP contribution in [-0.2, 0) is 0 Å². The lowest BCUT2D eigenvalue weighted by atomic mass is 10.2. The first-order chi connectivity index (χ1) is 6.36. The fourth-order valence-corrected chi connectivity index (χ4v) is 0.931. The molecular formula is C10H15O2P. The van der Waals surface area contributed by atoms with Gasteiger partial charge in [0, 0.05) is 5.56 Å². The SMILES string of the molecule is CC.O=Cc1ccc(OCP)cc1. The number of benzene rings is 1. The number of ether oxygens (including phenoxy) is 1. The van der Waals surface area contributed by atoms with Crippen LogP contribution >= 0.6 is 9.24 Å². The van der Waals surface area contributed by atoms with E-state index in [1.54, 1.807) is 24.3 Å². The molecule has 13 heavy (non-hydrogen) atoms. The van der Waals surface area contributed by atoms with E-state index in [4.69, 9.17) is 4.74 Å². The summed E-state index contributed by atoms with van der Waals surface area (Å²) in [6.07, 6.45) is 1.38. The van der Waals surface area contributed by atoms with Gasteiger partial charge in [-0.15, -0.1) is 0 Å². The minimum Gasteiger partial charge on any atom is -0.490 e. The van der Waals surface area contributed by atoms with Crippen molar-refractivity contribution < 1.29 is 9.53 Å². The molecule has 0 N–H and O–H groups in total. The third kappa shape index (κ3) is 4.64. The molecule has 0 radical (unpaired) electrons. The Hall–Kier alpha value is -0.880. The maximum Gasteiger partial charge on any atom is 0.150 e. The first kappa shape index (κ1) is 12.1. The fraction of sp³-hybridized carbons (Fsp3) is 0.300. The summed E-state index contributed by atoms with van der Waals surface area (Å²) >= 11 is 0. The Morgan fingerprint density at radius 3 is 2.23 bits per heavy atom. The first-order valence-electron chi connectivity index (χ1n) is 4.25. The Balaban J connectivity index is 0.000000671. The van der Waals surface area contributed by atoms with Crippen LogP contribution in [0.5, 0.6) is 5.75 Å². The van der Waals surface area contributed by atoms with Crippen LogP contribution in [0.15, 0.2) is 24.3 Å². The van der Waals surface area contributed by atoms with Crippen LogP contribution < -0.4 is 4.74 Å². The standard InChI is InChI=1S/C8H9O2P.C2H6/c9-5-7-1-3-8(4-2-7)10-6-11;1-2/h1-5H,6,11H2;1-2H3. The maximum atomic E-state index is 10.2. The molecule has 0 aromatic heterocycles. The van der Waals surface area contributed by atoms with E-state index < -0.39 is 0 Å². The third-order valence-corrected chi connectivity index (χ3v) is 1.43. The topological polar surface area (TPSA) is 26.3 Å². The van der Waals surface area contributed by atoms with Crippen molar-refractivity contribution in [3.63, 3.8) is 0 Å². The highest BCUT2D eigenvalue weighted by Gasteiger charge is 1.91. The normalized spacial score (nSPS) is 8.23. The van der Waals surface area contributed by atoms with Crippen molar-refractivity contribution in [2.24, 2.45) is 0 Å². The summed E-state index contributed by atoms with van der Waals surface area (Å²) < 4.78 is 5.15. The van der Waals surface area contributed by atoms with Crippen LogP contribution in [0.2, 0.25) is 0 Å². The smallest absolute Gasteiger partial charge is 0.150 e. The van der Waals surface area contributed by atoms with Crippen LogP contribution in [-0.4, -0.2) is 12.6 Å². The van der Waals surface area contributed by atoms with Gasteiger partial charge in [0.1, 0.15) is 18.4 Å². The zero-order valence-corrected chi connectivity index (χ0v) is 9.14. The van der Waals surface area contributed by atoms with Crippen molar-refractivity contribution in [3.8, 4) is 5.75 Å². The van der Waals surface area contributed by atoms with Gasteiger partial charge in [-0.1, -0.05) is 23.1 Å². The lowest BCUT2D eigenvalue weighted by Crippen LogP contribution is -1.88. The Morgan fingerprint density at radius 2 is 1.85 bits per heavy atom. The molecule has 0 saturated carbocycles. The monoisotopic (exact) mass is 198 g/mol. The van der Waals surface area contributed by atoms with Gasteiger partial charge in [-0.25, -0.2) is 0 Å². The highest BCUT2D eigenvalue weighted by Crippen LogP contribution is 2.11. The molecule has 0 aliphatic carbocycles. The summed E-state index contributed by atoms with van der Waals surface area (Å²) in [5, 5.41) is 0. The van der Waals surface area contributed by atoms with Crippen molar-refractivity contribution in [2.45, 2.75) is 13.8 Å². The van der Waals surface area contributed by atoms with Crippen LogP contribution in [0.1, 0.15) is 24.2 Å². The Kier molecular flexibility index (Phi) is 7.23. The molecule has 0 aliphatic rings. The lowest BCUT2D eigenvalue weighted by molar-refractivity contribution is 0.112. The molecule has 0 saturated heterocycles. The molecule has 1 unspecified atom stereocenters. The number of carbonyl (C=O) groups is 1. The lowest BCUT2D eigenvalue weighted by Gasteiger charge is -2.00. The average Bonchev–Trinajstić information content (AvgIpc) is 2.23. The van der Waals surface area contributed by atoms with Crippen molar-refractivity contribution in [1.29, 1.82) is 0 Å². The molecule has 0 heterocycles. The molecule has 0 bridgehead atoms. The summed E-state index contributed by atoms with van der Waals surface area (Å²) in [5.74, 6) is 0.783. The quantitative estimate of drug-likeness (QED) is 0.551. The van der Waals surface area contributed by atoms with E-state index in [9.17, 15) is 4.79 Å². The van der Waals surface area contributed by atoms with Crippen molar-refractivity contribution in [1.82, 2.24) is 0 Å². The molecule has 0 amide bonds. The number of aldehydes is 1. The van der Waals surface area contributed by atoms with E-state index in [-0.39, 0.29) is 0 Å². The van der Waals surface area contributed by atoms with Gasteiger partial charge in [0.15, 0.2) is 0 Å². The van der Waals surface area contributed by atoms with Crippen molar-refractivity contribution in [2.75, 3.05) is 6.35 Å². The van der Waals surface area contributed by atoms with Gasteiger partial charge in [0.05, 0.1) is 0 Å². The van der Waals surface area contributed by atoms with Crippen LogP contribution in [0.4, 0.5) is 0 Å². The predicted octanol–water partition coefficient (Wildman–Crippen LogP) is 2.74. The number of hydrogen-bond acceptors (Lipinski definition) is 2. The van der Waals surface area contributed by atoms with E-state index in [2.05, 4.69) is 9.24 Å². The Morgan fingerprint density at radius 1 is 1.31 bits per heavy atom. The molecule has 0 spiro atoms. The largest absolute Gasteiger partial charge is 0.490 e. The summed E-state index contributed by atoms with van der Waals surface area (Å²) in [6, 6.07) is 6.99. The van der Waals surface area contributed by atoms with Crippen molar-refractivity contribution in [3.05, 3.63) is 29.8 Å². The van der Waals surface area contributed by atoms with Crippen LogP contribution in [0, 0.1) is 0 Å². The fourth-order valence-electron chi connectivity index (χ4n) is 0.739. The molecular weight excluding hydrogens is 183 g/mol. The molecule has 1 aromatic carbocycles. The minimum atomic E-state index is 0.570. The molecule has 1 aromatic rings. The maximum absolute atomic E-state index is 10.2. The zero-order valence-electron chi connectivity index (χ0n) is 7.99. The van der Waals surface area contributed by atoms with Gasteiger partial charge in [-0.2, -0.15) is 0 Å². The second-order valence-electron chi connectivity index (χ2n) is 2.00. The molecule has 2 nitrogen and oxygen atoms in total. The summed E-state index contributed by atoms with van der Waals surface area (Å²) in [6.45, 7) is 4.00. The van der Waals surface area contributed by atoms with Gasteiger partial charge < -0.3 is 4.74 Å². The van der Waals surface area contributed by atoms with E-state index in [1.165, 1.54) is 0 Å². The highest BCUT2D eigenvalue weighted by atomic mass is 31.0. The number of rotatable bonds is 3. The first-order valence-corrected chi connectivity index (χ1v) is 5.06. The minimum absolute atomic E-state index is 0.570. The molecule has 0 aliphatic heterocycles. The van der Waals surface area contributed by atoms with Gasteiger partial charge in [-0.3, -0.25) is 4.79 Å². The van der Waals surface area contributed by atoms with E-state index >= 15 is 0 Å². The van der Waals surface area contributed by atoms with E-state index in [1.807, 2.05) is 13.8 Å². The molecule has 1 atom stereocenters. The van der Waals surface area contributed by atoms with Gasteiger partial charge in [-0.05, 0) is 24.3 Å². The van der Waals surface area contributed by atoms with E-state index in [0.29, 0.717) is 11.9 Å². The third-order valence-electron chi connectivity index (χ3n) is 1.27. The Bertz CT molecular complexity index is 231. The van der Waals surface area contributed by atoms with E-state index in [0.717, 1.165) is 12.0 Å².